The van der Waals surface area contributed by atoms with E-state index in [0.29, 0.717) is 19.3 Å². The van der Waals surface area contributed by atoms with E-state index in [0.717, 1.165) is 6.42 Å². The van der Waals surface area contributed by atoms with Gasteiger partial charge in [0.05, 0.1) is 6.42 Å². The summed E-state index contributed by atoms with van der Waals surface area (Å²) in [6.45, 7) is 4.10. The maximum Gasteiger partial charge on any atom is 0.407 e. The molecule has 182 valence electrons. The molecule has 0 fully saturated rings. The number of nitrogens with one attached hydrogen (secondary N) is 2. The molecular weight excluding hydrogens is 432 g/mol. The minimum absolute atomic E-state index is 0.0130. The number of hydrogen-bond acceptors (Lipinski definition) is 4. The van der Waals surface area contributed by atoms with E-state index < -0.39 is 12.1 Å². The minimum Gasteiger partial charge on any atom is -0.481 e. The first-order valence-electron chi connectivity index (χ1n) is 12.0. The highest BCUT2D eigenvalue weighted by Gasteiger charge is 2.29. The van der Waals surface area contributed by atoms with Crippen LogP contribution in [-0.4, -0.2) is 41.8 Å². The first-order chi connectivity index (χ1) is 16.4. The Bertz CT molecular complexity index is 961. The lowest BCUT2D eigenvalue weighted by Crippen LogP contribution is -2.37. The fourth-order valence-electron chi connectivity index (χ4n) is 4.57. The van der Waals surface area contributed by atoms with Crippen LogP contribution in [-0.2, 0) is 14.3 Å². The Morgan fingerprint density at radius 1 is 0.971 bits per heavy atom. The second kappa shape index (κ2) is 12.2. The summed E-state index contributed by atoms with van der Waals surface area (Å²) < 4.78 is 5.57. The predicted molar refractivity (Wildman–Crippen MR) is 131 cm³/mol. The summed E-state index contributed by atoms with van der Waals surface area (Å²) in [5.74, 6) is -1.06. The Labute approximate surface area is 200 Å². The van der Waals surface area contributed by atoms with Crippen LogP contribution in [0.2, 0.25) is 0 Å². The van der Waals surface area contributed by atoms with Gasteiger partial charge in [0.15, 0.2) is 0 Å². The second-order valence-electron chi connectivity index (χ2n) is 8.91. The molecule has 0 spiro atoms. The molecule has 7 heteroatoms. The lowest BCUT2D eigenvalue weighted by Gasteiger charge is -2.18. The van der Waals surface area contributed by atoms with Gasteiger partial charge in [0.2, 0.25) is 5.91 Å². The van der Waals surface area contributed by atoms with Gasteiger partial charge in [-0.1, -0.05) is 61.9 Å². The number of ether oxygens (including phenoxy) is 1. The van der Waals surface area contributed by atoms with Crippen LogP contribution in [0.3, 0.4) is 0 Å². The van der Waals surface area contributed by atoms with Gasteiger partial charge in [0.1, 0.15) is 6.61 Å². The average molecular weight is 467 g/mol. The molecule has 0 radical (unpaired) electrons. The summed E-state index contributed by atoms with van der Waals surface area (Å²) in [5.41, 5.74) is 4.70. The van der Waals surface area contributed by atoms with Crippen molar-refractivity contribution in [1.29, 1.82) is 0 Å². The van der Waals surface area contributed by atoms with E-state index in [1.807, 2.05) is 38.1 Å². The van der Waals surface area contributed by atoms with Crippen LogP contribution in [0.5, 0.6) is 0 Å². The number of amides is 2. The van der Waals surface area contributed by atoms with Gasteiger partial charge in [-0.05, 0) is 48.4 Å². The van der Waals surface area contributed by atoms with Crippen molar-refractivity contribution >= 4 is 18.0 Å². The topological polar surface area (TPSA) is 105 Å². The van der Waals surface area contributed by atoms with Gasteiger partial charge in [-0.15, -0.1) is 0 Å². The van der Waals surface area contributed by atoms with Crippen LogP contribution in [0.4, 0.5) is 4.79 Å². The molecule has 7 nitrogen and oxygen atoms in total. The molecule has 3 N–H and O–H groups in total. The minimum atomic E-state index is -0.917. The summed E-state index contributed by atoms with van der Waals surface area (Å²) in [4.78, 5) is 35.5. The maximum absolute atomic E-state index is 12.4. The van der Waals surface area contributed by atoms with Crippen molar-refractivity contribution in [3.05, 3.63) is 59.7 Å². The summed E-state index contributed by atoms with van der Waals surface area (Å²) in [5, 5.41) is 14.6. The van der Waals surface area contributed by atoms with Gasteiger partial charge in [-0.25, -0.2) is 4.79 Å². The molecular formula is C27H34N2O5. The molecule has 34 heavy (non-hydrogen) atoms. The van der Waals surface area contributed by atoms with Crippen LogP contribution < -0.4 is 10.6 Å². The smallest absolute Gasteiger partial charge is 0.407 e. The molecule has 0 bridgehead atoms. The Balaban J connectivity index is 1.41. The zero-order chi connectivity index (χ0) is 24.5. The summed E-state index contributed by atoms with van der Waals surface area (Å²) in [6.07, 6.45) is 2.40. The third-order valence-corrected chi connectivity index (χ3v) is 6.17. The molecule has 1 aliphatic carbocycles. The SMILES string of the molecule is CCCC(CC(=O)O)NC(=O)CCCC(C)NC(=O)OCC1c2ccccc2-c2ccccc21. The fourth-order valence-corrected chi connectivity index (χ4v) is 4.57. The molecule has 0 saturated heterocycles. The molecule has 2 aromatic carbocycles. The van der Waals surface area contributed by atoms with Crippen molar-refractivity contribution < 1.29 is 24.2 Å². The third-order valence-electron chi connectivity index (χ3n) is 6.17. The molecule has 0 aliphatic heterocycles. The van der Waals surface area contributed by atoms with Gasteiger partial charge in [-0.2, -0.15) is 0 Å². The summed E-state index contributed by atoms with van der Waals surface area (Å²) in [7, 11) is 0. The molecule has 2 atom stereocenters. The zero-order valence-corrected chi connectivity index (χ0v) is 19.9. The van der Waals surface area contributed by atoms with Crippen LogP contribution >= 0.6 is 0 Å². The summed E-state index contributed by atoms with van der Waals surface area (Å²) >= 11 is 0. The number of hydrogen-bond donors (Lipinski definition) is 3. The number of carbonyl (C=O) groups is 3. The largest absolute Gasteiger partial charge is 0.481 e. The van der Waals surface area contributed by atoms with Crippen LogP contribution in [0.1, 0.15) is 69.4 Å². The molecule has 1 aliphatic rings. The molecule has 3 rings (SSSR count). The molecule has 0 aromatic heterocycles. The van der Waals surface area contributed by atoms with E-state index in [9.17, 15) is 14.4 Å². The van der Waals surface area contributed by atoms with E-state index in [1.165, 1.54) is 22.3 Å². The van der Waals surface area contributed by atoms with E-state index >= 15 is 0 Å². The van der Waals surface area contributed by atoms with Crippen molar-refractivity contribution in [1.82, 2.24) is 10.6 Å². The molecule has 0 heterocycles. The zero-order valence-electron chi connectivity index (χ0n) is 19.9. The van der Waals surface area contributed by atoms with Gasteiger partial charge in [0.25, 0.3) is 0 Å². The van der Waals surface area contributed by atoms with Gasteiger partial charge in [0, 0.05) is 24.4 Å². The van der Waals surface area contributed by atoms with Gasteiger partial charge < -0.3 is 20.5 Å². The highest BCUT2D eigenvalue weighted by Crippen LogP contribution is 2.44. The number of carboxylic acids is 1. The standard InChI is InChI=1S/C27H34N2O5/c1-3-9-19(16-26(31)32)29-25(30)15-8-10-18(2)28-27(33)34-17-24-22-13-6-4-11-20(22)21-12-5-7-14-23(21)24/h4-7,11-14,18-19,24H,3,8-10,15-17H2,1-2H3,(H,28,33)(H,29,30)(H,31,32). The predicted octanol–water partition coefficient (Wildman–Crippen LogP) is 4.84. The van der Waals surface area contributed by atoms with Crippen molar-refractivity contribution in [2.75, 3.05) is 6.61 Å². The first kappa shape index (κ1) is 25.3. The normalized spacial score (nSPS) is 13.9. The number of carboxylic acid groups (broad SMARTS) is 1. The quantitative estimate of drug-likeness (QED) is 0.415. The van der Waals surface area contributed by atoms with Crippen LogP contribution in [0, 0.1) is 0 Å². The number of carbonyl (C=O) groups excluding carboxylic acids is 2. The Hall–Kier alpha value is -3.35. The summed E-state index contributed by atoms with van der Waals surface area (Å²) in [6, 6.07) is 15.9. The van der Waals surface area contributed by atoms with Crippen molar-refractivity contribution in [3.8, 4) is 11.1 Å². The van der Waals surface area contributed by atoms with Gasteiger partial charge in [-0.3, -0.25) is 9.59 Å². The monoisotopic (exact) mass is 466 g/mol. The second-order valence-corrected chi connectivity index (χ2v) is 8.91. The highest BCUT2D eigenvalue weighted by molar-refractivity contribution is 5.79. The van der Waals surface area contributed by atoms with E-state index in [-0.39, 0.29) is 43.4 Å². The maximum atomic E-state index is 12.4. The number of aliphatic carboxylic acids is 1. The van der Waals surface area contributed by atoms with Gasteiger partial charge >= 0.3 is 12.1 Å². The van der Waals surface area contributed by atoms with Crippen molar-refractivity contribution in [3.63, 3.8) is 0 Å². The number of alkyl carbamates (subject to hydrolysis) is 1. The van der Waals surface area contributed by atoms with E-state index in [1.54, 1.807) is 0 Å². The lowest BCUT2D eigenvalue weighted by molar-refractivity contribution is -0.137. The van der Waals surface area contributed by atoms with Crippen LogP contribution in [0.25, 0.3) is 11.1 Å². The first-order valence-corrected chi connectivity index (χ1v) is 12.0. The number of benzene rings is 2. The molecule has 2 unspecified atom stereocenters. The highest BCUT2D eigenvalue weighted by atomic mass is 16.5. The fraction of sp³-hybridized carbons (Fsp3) is 0.444. The van der Waals surface area contributed by atoms with Crippen LogP contribution in [0.15, 0.2) is 48.5 Å². The number of rotatable bonds is 12. The molecule has 2 amide bonds. The Morgan fingerprint density at radius 3 is 2.18 bits per heavy atom. The van der Waals surface area contributed by atoms with Crippen molar-refractivity contribution in [2.24, 2.45) is 0 Å². The van der Waals surface area contributed by atoms with E-state index in [2.05, 4.69) is 34.9 Å². The van der Waals surface area contributed by atoms with Crippen molar-refractivity contribution in [2.45, 2.75) is 70.4 Å². The lowest BCUT2D eigenvalue weighted by atomic mass is 9.98. The van der Waals surface area contributed by atoms with E-state index in [4.69, 9.17) is 9.84 Å². The molecule has 0 saturated carbocycles. The Kier molecular flexibility index (Phi) is 9.08. The molecule has 2 aromatic rings. The average Bonchev–Trinajstić information content (AvgIpc) is 3.11. The third kappa shape index (κ3) is 6.83. The Morgan fingerprint density at radius 2 is 1.59 bits per heavy atom. The number of fused-ring (bicyclic) bond motifs is 3.